The van der Waals surface area contributed by atoms with Crippen LogP contribution in [0.2, 0.25) is 0 Å². The van der Waals surface area contributed by atoms with Crippen LogP contribution in [0.15, 0.2) is 15.5 Å². The smallest absolute Gasteiger partial charge is 0.265 e. The van der Waals surface area contributed by atoms with E-state index >= 15 is 0 Å². The van der Waals surface area contributed by atoms with Crippen LogP contribution in [0.5, 0.6) is 0 Å². The van der Waals surface area contributed by atoms with E-state index in [0.29, 0.717) is 15.3 Å². The first-order valence-electron chi connectivity index (χ1n) is 7.57. The molecule has 2 atom stereocenters. The highest BCUT2D eigenvalue weighted by molar-refractivity contribution is 9.10. The van der Waals surface area contributed by atoms with Crippen LogP contribution < -0.4 is 5.56 Å². The first-order valence-corrected chi connectivity index (χ1v) is 8.36. The first kappa shape index (κ1) is 13.1. The maximum atomic E-state index is 12.0. The van der Waals surface area contributed by atoms with Gasteiger partial charge in [-0.25, -0.2) is 4.98 Å². The molecule has 0 radical (unpaired) electrons. The predicted octanol–water partition coefficient (Wildman–Crippen LogP) is 3.78. The largest absolute Gasteiger partial charge is 0.309 e. The van der Waals surface area contributed by atoms with Crippen LogP contribution in [0.25, 0.3) is 0 Å². The molecule has 4 aliphatic rings. The normalized spacial score (nSPS) is 45.9. The molecule has 4 heteroatoms. The molecule has 0 saturated heterocycles. The molecule has 1 aromatic rings. The summed E-state index contributed by atoms with van der Waals surface area (Å²) in [7, 11) is 0. The minimum atomic E-state index is -0.0407. The number of aromatic amines is 1. The van der Waals surface area contributed by atoms with Crippen molar-refractivity contribution in [1.29, 1.82) is 0 Å². The number of aromatic nitrogens is 2. The van der Waals surface area contributed by atoms with Gasteiger partial charge in [-0.1, -0.05) is 13.8 Å². The summed E-state index contributed by atoms with van der Waals surface area (Å²) in [6.07, 6.45) is 9.35. The van der Waals surface area contributed by atoms with Crippen LogP contribution >= 0.6 is 15.9 Å². The third kappa shape index (κ3) is 1.76. The summed E-state index contributed by atoms with van der Waals surface area (Å²) in [5.74, 6) is 1.75. The van der Waals surface area contributed by atoms with Crippen molar-refractivity contribution in [1.82, 2.24) is 9.97 Å². The van der Waals surface area contributed by atoms with Crippen LogP contribution in [-0.4, -0.2) is 9.97 Å². The van der Waals surface area contributed by atoms with Crippen LogP contribution in [0.4, 0.5) is 0 Å². The van der Waals surface area contributed by atoms with Crippen LogP contribution in [0.3, 0.4) is 0 Å². The summed E-state index contributed by atoms with van der Waals surface area (Å²) in [5, 5.41) is 0. The Hall–Kier alpha value is -0.640. The van der Waals surface area contributed by atoms with Gasteiger partial charge in [0.25, 0.3) is 5.56 Å². The molecule has 3 nitrogen and oxygen atoms in total. The monoisotopic (exact) mass is 336 g/mol. The lowest BCUT2D eigenvalue weighted by atomic mass is 9.40. The van der Waals surface area contributed by atoms with E-state index in [9.17, 15) is 4.79 Å². The Morgan fingerprint density at radius 1 is 1.20 bits per heavy atom. The van der Waals surface area contributed by atoms with Gasteiger partial charge in [-0.2, -0.15) is 0 Å². The Morgan fingerprint density at radius 2 is 1.85 bits per heavy atom. The van der Waals surface area contributed by atoms with Crippen LogP contribution in [-0.2, 0) is 5.41 Å². The van der Waals surface area contributed by atoms with Gasteiger partial charge in [0.05, 0.1) is 0 Å². The molecule has 4 aliphatic carbocycles. The fraction of sp³-hybridized carbons (Fsp3) is 0.750. The van der Waals surface area contributed by atoms with Crippen molar-refractivity contribution in [2.75, 3.05) is 0 Å². The molecule has 2 unspecified atom stereocenters. The molecular weight excluding hydrogens is 316 g/mol. The van der Waals surface area contributed by atoms with E-state index < -0.39 is 0 Å². The molecule has 108 valence electrons. The number of hydrogen-bond donors (Lipinski definition) is 1. The Kier molecular flexibility index (Phi) is 2.45. The topological polar surface area (TPSA) is 45.8 Å². The second-order valence-corrected chi connectivity index (χ2v) is 9.17. The minimum absolute atomic E-state index is 0.0407. The predicted molar refractivity (Wildman–Crippen MR) is 81.6 cm³/mol. The third-order valence-electron chi connectivity index (χ3n) is 5.88. The summed E-state index contributed by atoms with van der Waals surface area (Å²) in [6, 6.07) is 0. The van der Waals surface area contributed by atoms with Crippen molar-refractivity contribution in [2.45, 2.75) is 57.8 Å². The van der Waals surface area contributed by atoms with Gasteiger partial charge in [0.1, 0.15) is 10.3 Å². The van der Waals surface area contributed by atoms with E-state index in [0.717, 1.165) is 11.7 Å². The zero-order valence-electron chi connectivity index (χ0n) is 12.1. The zero-order valence-corrected chi connectivity index (χ0v) is 13.7. The number of halogens is 1. The number of rotatable bonds is 1. The summed E-state index contributed by atoms with van der Waals surface area (Å²) >= 11 is 3.25. The minimum Gasteiger partial charge on any atom is -0.309 e. The Bertz CT molecular complexity index is 620. The molecule has 0 aliphatic heterocycles. The quantitative estimate of drug-likeness (QED) is 0.848. The van der Waals surface area contributed by atoms with E-state index in [4.69, 9.17) is 0 Å². The highest BCUT2D eigenvalue weighted by Gasteiger charge is 2.61. The molecule has 1 heterocycles. The molecule has 4 bridgehead atoms. The molecule has 5 rings (SSSR count). The van der Waals surface area contributed by atoms with Gasteiger partial charge in [0.15, 0.2) is 0 Å². The molecule has 0 spiro atoms. The van der Waals surface area contributed by atoms with E-state index in [1.165, 1.54) is 38.5 Å². The molecule has 1 aromatic heterocycles. The van der Waals surface area contributed by atoms with Crippen molar-refractivity contribution < 1.29 is 0 Å². The molecule has 1 N–H and O–H groups in total. The van der Waals surface area contributed by atoms with E-state index in [1.807, 2.05) is 0 Å². The molecule has 4 saturated carbocycles. The lowest BCUT2D eigenvalue weighted by molar-refractivity contribution is -0.112. The summed E-state index contributed by atoms with van der Waals surface area (Å²) in [4.78, 5) is 19.6. The highest BCUT2D eigenvalue weighted by Crippen LogP contribution is 2.69. The van der Waals surface area contributed by atoms with Gasteiger partial charge in [-0.05, 0) is 71.2 Å². The number of H-pyrrole nitrogens is 1. The SMILES string of the molecule is CC12CC3CC(C)(C1)CC(c1ncc(Br)c(=O)[nH]1)(C3)C2. The lowest BCUT2D eigenvalue weighted by Gasteiger charge is -2.64. The van der Waals surface area contributed by atoms with Gasteiger partial charge in [-0.15, -0.1) is 0 Å². The number of hydrogen-bond acceptors (Lipinski definition) is 2. The first-order chi connectivity index (χ1) is 9.32. The van der Waals surface area contributed by atoms with Crippen LogP contribution in [0, 0.1) is 16.7 Å². The summed E-state index contributed by atoms with van der Waals surface area (Å²) in [6.45, 7) is 4.89. The van der Waals surface area contributed by atoms with E-state index in [1.54, 1.807) is 6.20 Å². The zero-order chi connectivity index (χ0) is 14.2. The van der Waals surface area contributed by atoms with Crippen LogP contribution in [0.1, 0.15) is 58.2 Å². The Labute approximate surface area is 127 Å². The fourth-order valence-corrected chi connectivity index (χ4v) is 6.56. The summed E-state index contributed by atoms with van der Waals surface area (Å²) in [5.41, 5.74) is 0.962. The van der Waals surface area contributed by atoms with Gasteiger partial charge in [0, 0.05) is 11.6 Å². The van der Waals surface area contributed by atoms with Crippen molar-refractivity contribution in [3.8, 4) is 0 Å². The average molecular weight is 337 g/mol. The van der Waals surface area contributed by atoms with Gasteiger partial charge >= 0.3 is 0 Å². The second kappa shape index (κ2) is 3.76. The Balaban J connectivity index is 1.84. The average Bonchev–Trinajstić information content (AvgIpc) is 2.27. The number of nitrogens with zero attached hydrogens (tertiary/aromatic N) is 1. The third-order valence-corrected chi connectivity index (χ3v) is 6.45. The maximum Gasteiger partial charge on any atom is 0.265 e. The van der Waals surface area contributed by atoms with Gasteiger partial charge in [0.2, 0.25) is 0 Å². The van der Waals surface area contributed by atoms with Crippen molar-refractivity contribution in [2.24, 2.45) is 16.7 Å². The standard InChI is InChI=1S/C16H21BrN2O/c1-14-3-10-4-15(2,7-14)9-16(5-10,8-14)13-18-6-11(17)12(20)19-13/h6,10H,3-5,7-9H2,1-2H3,(H,18,19,20). The van der Waals surface area contributed by atoms with E-state index in [-0.39, 0.29) is 11.0 Å². The lowest BCUT2D eigenvalue weighted by Crippen LogP contribution is -2.57. The highest BCUT2D eigenvalue weighted by atomic mass is 79.9. The second-order valence-electron chi connectivity index (χ2n) is 8.32. The van der Waals surface area contributed by atoms with E-state index in [2.05, 4.69) is 39.7 Å². The van der Waals surface area contributed by atoms with Crippen molar-refractivity contribution in [3.05, 3.63) is 26.8 Å². The molecule has 4 fully saturated rings. The van der Waals surface area contributed by atoms with Crippen molar-refractivity contribution in [3.63, 3.8) is 0 Å². The molecular formula is C16H21BrN2O. The van der Waals surface area contributed by atoms with Gasteiger partial charge in [-0.3, -0.25) is 4.79 Å². The molecule has 0 aromatic carbocycles. The molecule has 0 amide bonds. The number of nitrogens with one attached hydrogen (secondary N) is 1. The Morgan fingerprint density at radius 3 is 2.40 bits per heavy atom. The van der Waals surface area contributed by atoms with Crippen molar-refractivity contribution >= 4 is 15.9 Å². The fourth-order valence-electron chi connectivity index (χ4n) is 6.36. The van der Waals surface area contributed by atoms with Gasteiger partial charge < -0.3 is 4.98 Å². The maximum absolute atomic E-state index is 12.0. The molecule has 20 heavy (non-hydrogen) atoms. The summed E-state index contributed by atoms with van der Waals surface area (Å²) < 4.78 is 0.531.